The van der Waals surface area contributed by atoms with Gasteiger partial charge in [-0.15, -0.1) is 0 Å². The van der Waals surface area contributed by atoms with Gasteiger partial charge in [-0.3, -0.25) is 0 Å². The Bertz CT molecular complexity index is 601. The molecule has 0 saturated heterocycles. The molecular weight excluding hydrogens is 298 g/mol. The number of nitrogens with zero attached hydrogens (tertiary/aromatic N) is 1. The number of benzene rings is 2. The van der Waals surface area contributed by atoms with Crippen LogP contribution in [-0.2, 0) is 23.2 Å². The van der Waals surface area contributed by atoms with Crippen LogP contribution >= 0.6 is 0 Å². The fourth-order valence-corrected chi connectivity index (χ4v) is 2.21. The lowest BCUT2D eigenvalue weighted by molar-refractivity contribution is -0.916. The van der Waals surface area contributed by atoms with Crippen LogP contribution in [-0.4, -0.2) is 37.8 Å². The predicted molar refractivity (Wildman–Crippen MR) is 88.0 cm³/mol. The fraction of sp³-hybridized carbons (Fsp3) is 0.294. The van der Waals surface area contributed by atoms with Crippen molar-refractivity contribution in [1.82, 2.24) is 0 Å². The third-order valence-corrected chi connectivity index (χ3v) is 2.91. The first-order valence-corrected chi connectivity index (χ1v) is 8.78. The average Bonchev–Trinajstić information content (AvgIpc) is 2.38. The Hall–Kier alpha value is -1.69. The van der Waals surface area contributed by atoms with Crippen LogP contribution in [0.3, 0.4) is 0 Å². The summed E-state index contributed by atoms with van der Waals surface area (Å²) >= 11 is 0. The molecule has 0 bridgehead atoms. The van der Waals surface area contributed by atoms with Crippen molar-refractivity contribution in [3.8, 4) is 0 Å². The van der Waals surface area contributed by atoms with Gasteiger partial charge in [0.25, 0.3) is 0 Å². The van der Waals surface area contributed by atoms with E-state index in [1.54, 1.807) is 0 Å². The average molecular weight is 321 g/mol. The van der Waals surface area contributed by atoms with Crippen LogP contribution < -0.4 is 0 Å². The quantitative estimate of drug-likeness (QED) is 0.642. The van der Waals surface area contributed by atoms with E-state index in [0.717, 1.165) is 17.6 Å². The molecule has 0 unspecified atom stereocenters. The summed E-state index contributed by atoms with van der Waals surface area (Å²) < 4.78 is 28.2. The normalized spacial score (nSPS) is 11.5. The summed E-state index contributed by atoms with van der Waals surface area (Å²) in [6.45, 7) is 2.13. The summed E-state index contributed by atoms with van der Waals surface area (Å²) in [5, 5.41) is 0. The molecule has 2 aromatic rings. The van der Waals surface area contributed by atoms with Crippen LogP contribution in [0.4, 0.5) is 0 Å². The zero-order chi connectivity index (χ0) is 16.6. The lowest BCUT2D eigenvalue weighted by Gasteiger charge is -2.30. The largest absolute Gasteiger partial charge is 0.748 e. The Kier molecular flexibility index (Phi) is 6.74. The lowest BCUT2D eigenvalue weighted by Crippen LogP contribution is -2.37. The number of rotatable bonds is 4. The van der Waals surface area contributed by atoms with Crippen LogP contribution in [0.1, 0.15) is 11.1 Å². The van der Waals surface area contributed by atoms with Crippen molar-refractivity contribution in [2.45, 2.75) is 13.1 Å². The molecule has 22 heavy (non-hydrogen) atoms. The third-order valence-electron chi connectivity index (χ3n) is 2.91. The Morgan fingerprint density at radius 2 is 1.09 bits per heavy atom. The summed E-state index contributed by atoms with van der Waals surface area (Å²) in [5.41, 5.74) is 2.79. The monoisotopic (exact) mass is 321 g/mol. The maximum Gasteiger partial charge on any atom is 0.104 e. The number of hydrogen-bond acceptors (Lipinski definition) is 3. The molecule has 0 saturated carbocycles. The number of hydrogen-bond donors (Lipinski definition) is 0. The van der Waals surface area contributed by atoms with E-state index >= 15 is 0 Å². The van der Waals surface area contributed by atoms with Gasteiger partial charge in [-0.05, 0) is 0 Å². The first-order valence-electron chi connectivity index (χ1n) is 6.96. The fourth-order valence-electron chi connectivity index (χ4n) is 2.21. The molecule has 0 atom stereocenters. The molecule has 0 fully saturated rings. The molecule has 4 nitrogen and oxygen atoms in total. The van der Waals surface area contributed by atoms with Crippen molar-refractivity contribution in [2.75, 3.05) is 20.4 Å². The molecule has 0 aliphatic carbocycles. The molecule has 2 rings (SSSR count). The summed E-state index contributed by atoms with van der Waals surface area (Å²) in [6, 6.07) is 21.4. The molecule has 5 heteroatoms. The Balaban J connectivity index is 0.000000422. The molecule has 0 spiro atoms. The van der Waals surface area contributed by atoms with Gasteiger partial charge in [0, 0.05) is 17.4 Å². The SMILES string of the molecule is CS(=O)(=O)[O-].C[N+](C)(Cc1ccccc1)Cc1ccccc1. The summed E-state index contributed by atoms with van der Waals surface area (Å²) in [7, 11) is 0.639. The molecule has 0 heterocycles. The van der Waals surface area contributed by atoms with Gasteiger partial charge in [0.1, 0.15) is 13.1 Å². The minimum Gasteiger partial charge on any atom is -0.748 e. The highest BCUT2D eigenvalue weighted by molar-refractivity contribution is 7.84. The van der Waals surface area contributed by atoms with Gasteiger partial charge in [-0.2, -0.15) is 0 Å². The topological polar surface area (TPSA) is 57.2 Å². The van der Waals surface area contributed by atoms with Crippen LogP contribution in [0.2, 0.25) is 0 Å². The standard InChI is InChI=1S/C16H20N.CH4O3S/c1-17(2,13-15-9-5-3-6-10-15)14-16-11-7-4-8-12-16;1-5(2,3)4/h3-12H,13-14H2,1-2H3;1H3,(H,2,3,4)/q+1;/p-1. The van der Waals surface area contributed by atoms with Gasteiger partial charge in [-0.25, -0.2) is 8.42 Å². The van der Waals surface area contributed by atoms with Crippen molar-refractivity contribution in [3.05, 3.63) is 71.8 Å². The summed E-state index contributed by atoms with van der Waals surface area (Å²) in [4.78, 5) is 0. The molecule has 0 amide bonds. The Morgan fingerprint density at radius 3 is 1.36 bits per heavy atom. The van der Waals surface area contributed by atoms with Crippen LogP contribution in [0.25, 0.3) is 0 Å². The first-order chi connectivity index (χ1) is 10.2. The van der Waals surface area contributed by atoms with Gasteiger partial charge in [0.05, 0.1) is 24.2 Å². The summed E-state index contributed by atoms with van der Waals surface area (Å²) in [5.74, 6) is 0. The van der Waals surface area contributed by atoms with E-state index in [1.807, 2.05) is 0 Å². The highest BCUT2D eigenvalue weighted by Gasteiger charge is 2.16. The minimum absolute atomic E-state index is 0.604. The first kappa shape index (κ1) is 18.4. The van der Waals surface area contributed by atoms with Gasteiger partial charge in [-0.1, -0.05) is 60.7 Å². The number of quaternary nitrogens is 1. The molecule has 0 aliphatic heterocycles. The molecule has 0 aromatic heterocycles. The molecule has 120 valence electrons. The van der Waals surface area contributed by atoms with E-state index in [2.05, 4.69) is 74.8 Å². The van der Waals surface area contributed by atoms with Gasteiger partial charge >= 0.3 is 0 Å². The van der Waals surface area contributed by atoms with Crippen LogP contribution in [0, 0.1) is 0 Å². The Morgan fingerprint density at radius 1 is 0.818 bits per heavy atom. The predicted octanol–water partition coefficient (Wildman–Crippen LogP) is 2.62. The third kappa shape index (κ3) is 9.28. The van der Waals surface area contributed by atoms with Crippen LogP contribution in [0.5, 0.6) is 0 Å². The van der Waals surface area contributed by atoms with Crippen LogP contribution in [0.15, 0.2) is 60.7 Å². The molecule has 0 N–H and O–H groups in total. The van der Waals surface area contributed by atoms with E-state index in [-0.39, 0.29) is 0 Å². The van der Waals surface area contributed by atoms with Gasteiger partial charge in [0.2, 0.25) is 0 Å². The second kappa shape index (κ2) is 8.08. The zero-order valence-corrected chi connectivity index (χ0v) is 14.1. The molecule has 0 aliphatic rings. The molecule has 2 aromatic carbocycles. The Labute approximate surface area is 133 Å². The van der Waals surface area contributed by atoms with Crippen molar-refractivity contribution < 1.29 is 17.5 Å². The minimum atomic E-state index is -3.92. The van der Waals surface area contributed by atoms with E-state index in [4.69, 9.17) is 13.0 Å². The maximum absolute atomic E-state index is 9.08. The van der Waals surface area contributed by atoms with E-state index < -0.39 is 10.1 Å². The van der Waals surface area contributed by atoms with E-state index in [1.165, 1.54) is 11.1 Å². The highest BCUT2D eigenvalue weighted by Crippen LogP contribution is 2.14. The van der Waals surface area contributed by atoms with Crippen molar-refractivity contribution in [1.29, 1.82) is 0 Å². The van der Waals surface area contributed by atoms with Crippen molar-refractivity contribution in [2.24, 2.45) is 0 Å². The zero-order valence-electron chi connectivity index (χ0n) is 13.3. The van der Waals surface area contributed by atoms with E-state index in [9.17, 15) is 0 Å². The van der Waals surface area contributed by atoms with Gasteiger partial charge in [0.15, 0.2) is 0 Å². The van der Waals surface area contributed by atoms with Crippen molar-refractivity contribution in [3.63, 3.8) is 0 Å². The molecule has 0 radical (unpaired) electrons. The summed E-state index contributed by atoms with van der Waals surface area (Å²) in [6.07, 6.45) is 0.604. The smallest absolute Gasteiger partial charge is 0.104 e. The van der Waals surface area contributed by atoms with Crippen molar-refractivity contribution >= 4 is 10.1 Å². The van der Waals surface area contributed by atoms with Gasteiger partial charge < -0.3 is 9.04 Å². The second-order valence-electron chi connectivity index (χ2n) is 5.93. The van der Waals surface area contributed by atoms with E-state index in [0.29, 0.717) is 6.26 Å². The highest BCUT2D eigenvalue weighted by atomic mass is 32.2. The maximum atomic E-state index is 9.08. The second-order valence-corrected chi connectivity index (χ2v) is 7.34. The molecular formula is C17H23NO3S. The lowest BCUT2D eigenvalue weighted by atomic mass is 10.1.